The first-order valence-electron chi connectivity index (χ1n) is 6.05. The Morgan fingerprint density at radius 3 is 2.35 bits per heavy atom. The Kier molecular flexibility index (Phi) is 4.01. The molecule has 1 saturated heterocycles. The fraction of sp³-hybridized carbons (Fsp3) is 0.833. The van der Waals surface area contributed by atoms with Crippen molar-refractivity contribution < 1.29 is 9.59 Å². The molecule has 1 heterocycles. The molecule has 1 aliphatic rings. The number of carbonyl (C=O) groups is 2. The van der Waals surface area contributed by atoms with Crippen LogP contribution in [0.25, 0.3) is 0 Å². The van der Waals surface area contributed by atoms with Gasteiger partial charge in [-0.1, -0.05) is 27.7 Å². The highest BCUT2D eigenvalue weighted by molar-refractivity contribution is 5.81. The number of piperidine rings is 1. The molecule has 0 radical (unpaired) electrons. The van der Waals surface area contributed by atoms with Gasteiger partial charge < -0.3 is 16.0 Å². The van der Waals surface area contributed by atoms with Crippen molar-refractivity contribution in [2.45, 2.75) is 40.2 Å². The Morgan fingerprint density at radius 1 is 1.29 bits per heavy atom. The van der Waals surface area contributed by atoms with E-state index in [1.54, 1.807) is 4.90 Å². The van der Waals surface area contributed by atoms with E-state index in [0.29, 0.717) is 19.0 Å². The fourth-order valence-electron chi connectivity index (χ4n) is 2.04. The quantitative estimate of drug-likeness (QED) is 0.717. The lowest BCUT2D eigenvalue weighted by molar-refractivity contribution is -0.129. The summed E-state index contributed by atoms with van der Waals surface area (Å²) in [7, 11) is 0. The molecule has 2 unspecified atom stereocenters. The summed E-state index contributed by atoms with van der Waals surface area (Å²) in [6, 6.07) is -0.399. The maximum absolute atomic E-state index is 11.9. The minimum Gasteiger partial charge on any atom is -0.351 e. The average molecular weight is 241 g/mol. The van der Waals surface area contributed by atoms with E-state index < -0.39 is 11.4 Å². The summed E-state index contributed by atoms with van der Waals surface area (Å²) in [6.45, 7) is 8.88. The van der Waals surface area contributed by atoms with Crippen LogP contribution in [0.1, 0.15) is 34.1 Å². The lowest BCUT2D eigenvalue weighted by atomic mass is 9.92. The normalized spacial score (nSPS) is 25.5. The lowest BCUT2D eigenvalue weighted by Gasteiger charge is -2.36. The molecule has 5 heteroatoms. The number of nitrogens with two attached hydrogens (primary N) is 1. The monoisotopic (exact) mass is 241 g/mol. The number of likely N-dealkylation sites (tertiary alicyclic amines) is 1. The van der Waals surface area contributed by atoms with Crippen LogP contribution in [0.5, 0.6) is 0 Å². The van der Waals surface area contributed by atoms with Crippen molar-refractivity contribution in [3.63, 3.8) is 0 Å². The number of hydrogen-bond acceptors (Lipinski definition) is 2. The highest BCUT2D eigenvalue weighted by Crippen LogP contribution is 2.19. The zero-order valence-corrected chi connectivity index (χ0v) is 11.1. The summed E-state index contributed by atoms with van der Waals surface area (Å²) in [5.74, 6) is 0.377. The van der Waals surface area contributed by atoms with E-state index in [9.17, 15) is 9.59 Å². The first-order chi connectivity index (χ1) is 7.70. The summed E-state index contributed by atoms with van der Waals surface area (Å²) in [6.07, 6.45) is 0.894. The second-order valence-electron chi connectivity index (χ2n) is 6.00. The Bertz CT molecular complexity index is 309. The fourth-order valence-corrected chi connectivity index (χ4v) is 2.04. The molecule has 5 nitrogen and oxygen atoms in total. The molecule has 98 valence electrons. The van der Waals surface area contributed by atoms with Gasteiger partial charge in [-0.05, 0) is 12.3 Å². The van der Waals surface area contributed by atoms with Crippen LogP contribution in [0.3, 0.4) is 0 Å². The smallest absolute Gasteiger partial charge is 0.314 e. The Labute approximate surface area is 103 Å². The van der Waals surface area contributed by atoms with Crippen molar-refractivity contribution >= 4 is 11.9 Å². The van der Waals surface area contributed by atoms with E-state index in [2.05, 4.69) is 12.2 Å². The summed E-state index contributed by atoms with van der Waals surface area (Å²) in [5.41, 5.74) is 4.88. The predicted molar refractivity (Wildman–Crippen MR) is 66.3 cm³/mol. The van der Waals surface area contributed by atoms with Crippen molar-refractivity contribution in [1.29, 1.82) is 0 Å². The van der Waals surface area contributed by atoms with Gasteiger partial charge in [-0.25, -0.2) is 4.79 Å². The van der Waals surface area contributed by atoms with Crippen LogP contribution in [0, 0.1) is 11.3 Å². The Balaban J connectivity index is 2.60. The van der Waals surface area contributed by atoms with Gasteiger partial charge >= 0.3 is 6.03 Å². The minimum absolute atomic E-state index is 0.0120. The van der Waals surface area contributed by atoms with E-state index >= 15 is 0 Å². The van der Waals surface area contributed by atoms with Crippen molar-refractivity contribution in [3.8, 4) is 0 Å². The molecule has 0 aliphatic carbocycles. The van der Waals surface area contributed by atoms with Gasteiger partial charge in [-0.3, -0.25) is 4.79 Å². The molecule has 2 atom stereocenters. The molecule has 0 saturated carbocycles. The predicted octanol–water partition coefficient (Wildman–Crippen LogP) is 0.938. The van der Waals surface area contributed by atoms with Gasteiger partial charge in [0.15, 0.2) is 0 Å². The van der Waals surface area contributed by atoms with Gasteiger partial charge in [-0.15, -0.1) is 0 Å². The SMILES string of the molecule is CC1CC(NC(=O)C(C)(C)C)CN(C(N)=O)C1. The van der Waals surface area contributed by atoms with Crippen molar-refractivity contribution in [2.24, 2.45) is 17.1 Å². The van der Waals surface area contributed by atoms with Gasteiger partial charge in [0.05, 0.1) is 0 Å². The molecule has 3 amide bonds. The van der Waals surface area contributed by atoms with Crippen LogP contribution in [-0.2, 0) is 4.79 Å². The Morgan fingerprint density at radius 2 is 1.88 bits per heavy atom. The van der Waals surface area contributed by atoms with Gasteiger partial charge in [0.25, 0.3) is 0 Å². The number of carbonyl (C=O) groups excluding carboxylic acids is 2. The molecule has 0 aromatic carbocycles. The van der Waals surface area contributed by atoms with Crippen LogP contribution in [0.4, 0.5) is 4.79 Å². The van der Waals surface area contributed by atoms with Gasteiger partial charge in [0, 0.05) is 24.5 Å². The molecular weight excluding hydrogens is 218 g/mol. The van der Waals surface area contributed by atoms with Crippen LogP contribution in [0.15, 0.2) is 0 Å². The zero-order valence-electron chi connectivity index (χ0n) is 11.1. The first kappa shape index (κ1) is 13.8. The average Bonchev–Trinajstić information content (AvgIpc) is 2.14. The maximum Gasteiger partial charge on any atom is 0.314 e. The highest BCUT2D eigenvalue weighted by Gasteiger charge is 2.30. The number of primary amides is 1. The number of nitrogens with one attached hydrogen (secondary N) is 1. The number of hydrogen-bond donors (Lipinski definition) is 2. The molecule has 3 N–H and O–H groups in total. The Hall–Kier alpha value is -1.26. The van der Waals surface area contributed by atoms with E-state index in [-0.39, 0.29) is 11.9 Å². The molecule has 1 rings (SSSR count). The molecule has 1 aliphatic heterocycles. The van der Waals surface area contributed by atoms with E-state index in [1.165, 1.54) is 0 Å². The number of amides is 3. The second-order valence-corrected chi connectivity index (χ2v) is 6.00. The molecule has 0 aromatic heterocycles. The van der Waals surface area contributed by atoms with E-state index in [4.69, 9.17) is 5.73 Å². The van der Waals surface area contributed by atoms with Crippen molar-refractivity contribution in [2.75, 3.05) is 13.1 Å². The van der Waals surface area contributed by atoms with Crippen LogP contribution < -0.4 is 11.1 Å². The number of urea groups is 1. The van der Waals surface area contributed by atoms with Crippen LogP contribution in [0.2, 0.25) is 0 Å². The maximum atomic E-state index is 11.9. The summed E-state index contributed by atoms with van der Waals surface area (Å²) in [4.78, 5) is 24.6. The third-order valence-electron chi connectivity index (χ3n) is 2.99. The van der Waals surface area contributed by atoms with Crippen LogP contribution >= 0.6 is 0 Å². The number of rotatable bonds is 1. The molecule has 0 bridgehead atoms. The van der Waals surface area contributed by atoms with Crippen molar-refractivity contribution in [3.05, 3.63) is 0 Å². The topological polar surface area (TPSA) is 75.4 Å². The first-order valence-corrected chi connectivity index (χ1v) is 6.05. The third-order valence-corrected chi connectivity index (χ3v) is 2.99. The third kappa shape index (κ3) is 3.91. The summed E-state index contributed by atoms with van der Waals surface area (Å²) >= 11 is 0. The lowest BCUT2D eigenvalue weighted by Crippen LogP contribution is -2.54. The van der Waals surface area contributed by atoms with Gasteiger partial charge in [-0.2, -0.15) is 0 Å². The summed E-state index contributed by atoms with van der Waals surface area (Å²) < 4.78 is 0. The standard InChI is InChI=1S/C12H23N3O2/c1-8-5-9(7-15(6-8)11(13)17)14-10(16)12(2,3)4/h8-9H,5-7H2,1-4H3,(H2,13,17)(H,14,16). The number of nitrogens with zero attached hydrogens (tertiary/aromatic N) is 1. The second kappa shape index (κ2) is 4.94. The largest absolute Gasteiger partial charge is 0.351 e. The molecular formula is C12H23N3O2. The van der Waals surface area contributed by atoms with Gasteiger partial charge in [0.1, 0.15) is 0 Å². The summed E-state index contributed by atoms with van der Waals surface area (Å²) in [5, 5.41) is 2.99. The minimum atomic E-state index is -0.411. The van der Waals surface area contributed by atoms with Crippen LogP contribution in [-0.4, -0.2) is 36.0 Å². The van der Waals surface area contributed by atoms with E-state index in [1.807, 2.05) is 20.8 Å². The highest BCUT2D eigenvalue weighted by atomic mass is 16.2. The van der Waals surface area contributed by atoms with Crippen molar-refractivity contribution in [1.82, 2.24) is 10.2 Å². The molecule has 0 spiro atoms. The molecule has 17 heavy (non-hydrogen) atoms. The van der Waals surface area contributed by atoms with Gasteiger partial charge in [0.2, 0.25) is 5.91 Å². The zero-order chi connectivity index (χ0) is 13.2. The molecule has 0 aromatic rings. The van der Waals surface area contributed by atoms with E-state index in [0.717, 1.165) is 6.42 Å². The molecule has 1 fully saturated rings.